The normalized spacial score (nSPS) is 25.9. The van der Waals surface area contributed by atoms with E-state index in [2.05, 4.69) is 29.2 Å². The van der Waals surface area contributed by atoms with Crippen LogP contribution in [-0.4, -0.2) is 33.9 Å². The molecule has 1 fully saturated rings. The Morgan fingerprint density at radius 2 is 2.28 bits per heavy atom. The Hall–Kier alpha value is -1.62. The van der Waals surface area contributed by atoms with Gasteiger partial charge in [0.05, 0.1) is 12.3 Å². The summed E-state index contributed by atoms with van der Waals surface area (Å²) in [6, 6.07) is 4.26. The Morgan fingerprint density at radius 1 is 1.44 bits per heavy atom. The summed E-state index contributed by atoms with van der Waals surface area (Å²) in [5.41, 5.74) is 1.00. The van der Waals surface area contributed by atoms with Gasteiger partial charge in [0.1, 0.15) is 5.82 Å². The van der Waals surface area contributed by atoms with E-state index in [1.165, 1.54) is 0 Å². The van der Waals surface area contributed by atoms with Crippen molar-refractivity contribution in [2.75, 3.05) is 12.4 Å². The van der Waals surface area contributed by atoms with Crippen molar-refractivity contribution < 1.29 is 4.74 Å². The molecule has 2 atom stereocenters. The Morgan fingerprint density at radius 3 is 3.00 bits per heavy atom. The van der Waals surface area contributed by atoms with Crippen molar-refractivity contribution in [2.24, 2.45) is 5.41 Å². The van der Waals surface area contributed by atoms with Crippen molar-refractivity contribution in [2.45, 2.75) is 32.4 Å². The van der Waals surface area contributed by atoms with E-state index in [1.807, 2.05) is 18.3 Å². The van der Waals surface area contributed by atoms with Gasteiger partial charge in [0, 0.05) is 30.8 Å². The number of ether oxygens (including phenoxy) is 1. The average molecular weight is 246 g/mol. The highest BCUT2D eigenvalue weighted by atomic mass is 16.5. The number of hydrogen-bond donors (Lipinski definition) is 1. The van der Waals surface area contributed by atoms with Crippen LogP contribution in [0.5, 0.6) is 0 Å². The third-order valence-electron chi connectivity index (χ3n) is 4.04. The van der Waals surface area contributed by atoms with Crippen molar-refractivity contribution in [1.82, 2.24) is 14.6 Å². The number of anilines is 1. The van der Waals surface area contributed by atoms with Gasteiger partial charge in [0.2, 0.25) is 0 Å². The smallest absolute Gasteiger partial charge is 0.157 e. The van der Waals surface area contributed by atoms with Crippen LogP contribution in [0.25, 0.3) is 5.65 Å². The van der Waals surface area contributed by atoms with Gasteiger partial charge in [0.15, 0.2) is 5.65 Å². The molecule has 0 spiro atoms. The SMILES string of the molecule is COC1CC(Nc2ccn3nccc3n2)C1(C)C. The standard InChI is InChI=1S/C13H18N4O/c1-13(2)9(8-10(13)18-3)15-11-5-7-17-12(16-11)4-6-14-17/h4-7,9-10H,8H2,1-3H3,(H,15,16). The van der Waals surface area contributed by atoms with Gasteiger partial charge in [-0.15, -0.1) is 0 Å². The molecule has 96 valence electrons. The second-order valence-corrected chi connectivity index (χ2v) is 5.43. The lowest BCUT2D eigenvalue weighted by Gasteiger charge is -2.51. The fourth-order valence-corrected chi connectivity index (χ4v) is 2.60. The van der Waals surface area contributed by atoms with Crippen LogP contribution >= 0.6 is 0 Å². The minimum atomic E-state index is 0.142. The number of nitrogens with zero attached hydrogens (tertiary/aromatic N) is 3. The maximum atomic E-state index is 5.45. The number of nitrogens with one attached hydrogen (secondary N) is 1. The van der Waals surface area contributed by atoms with Gasteiger partial charge in [-0.1, -0.05) is 13.8 Å². The summed E-state index contributed by atoms with van der Waals surface area (Å²) in [5, 5.41) is 7.62. The Labute approximate surface area is 106 Å². The fraction of sp³-hybridized carbons (Fsp3) is 0.538. The number of aromatic nitrogens is 3. The molecule has 0 amide bonds. The molecule has 0 bridgehead atoms. The van der Waals surface area contributed by atoms with Crippen molar-refractivity contribution in [3.63, 3.8) is 0 Å². The topological polar surface area (TPSA) is 51.5 Å². The van der Waals surface area contributed by atoms with Crippen molar-refractivity contribution in [1.29, 1.82) is 0 Å². The molecular formula is C13H18N4O. The van der Waals surface area contributed by atoms with E-state index in [1.54, 1.807) is 17.8 Å². The first-order valence-electron chi connectivity index (χ1n) is 6.21. The zero-order chi connectivity index (χ0) is 12.8. The maximum absolute atomic E-state index is 5.45. The highest BCUT2D eigenvalue weighted by Crippen LogP contribution is 2.43. The minimum Gasteiger partial charge on any atom is -0.381 e. The zero-order valence-electron chi connectivity index (χ0n) is 10.9. The molecule has 1 saturated carbocycles. The lowest BCUT2D eigenvalue weighted by atomic mass is 9.64. The number of rotatable bonds is 3. The summed E-state index contributed by atoms with van der Waals surface area (Å²) in [7, 11) is 1.78. The summed E-state index contributed by atoms with van der Waals surface area (Å²) in [6.07, 6.45) is 5.02. The third-order valence-corrected chi connectivity index (χ3v) is 4.04. The van der Waals surface area contributed by atoms with Gasteiger partial charge in [-0.25, -0.2) is 9.50 Å². The van der Waals surface area contributed by atoms with Crippen LogP contribution in [0, 0.1) is 5.41 Å². The summed E-state index contributed by atoms with van der Waals surface area (Å²) < 4.78 is 7.21. The van der Waals surface area contributed by atoms with E-state index in [0.29, 0.717) is 12.1 Å². The lowest BCUT2D eigenvalue weighted by molar-refractivity contribution is -0.0795. The van der Waals surface area contributed by atoms with Crippen molar-refractivity contribution >= 4 is 11.5 Å². The molecule has 18 heavy (non-hydrogen) atoms. The van der Waals surface area contributed by atoms with Crippen LogP contribution < -0.4 is 5.32 Å². The summed E-state index contributed by atoms with van der Waals surface area (Å²) in [5.74, 6) is 0.899. The minimum absolute atomic E-state index is 0.142. The first-order valence-corrected chi connectivity index (χ1v) is 6.21. The molecule has 5 nitrogen and oxygen atoms in total. The van der Waals surface area contributed by atoms with Crippen molar-refractivity contribution in [3.05, 3.63) is 24.5 Å². The molecule has 0 aromatic carbocycles. The van der Waals surface area contributed by atoms with Gasteiger partial charge in [-0.05, 0) is 12.5 Å². The van der Waals surface area contributed by atoms with E-state index < -0.39 is 0 Å². The molecule has 1 N–H and O–H groups in total. The second-order valence-electron chi connectivity index (χ2n) is 5.43. The van der Waals surface area contributed by atoms with Crippen LogP contribution in [0.3, 0.4) is 0 Å². The van der Waals surface area contributed by atoms with Gasteiger partial charge in [-0.3, -0.25) is 0 Å². The maximum Gasteiger partial charge on any atom is 0.157 e. The van der Waals surface area contributed by atoms with E-state index in [0.717, 1.165) is 17.9 Å². The molecule has 1 aliphatic carbocycles. The zero-order valence-corrected chi connectivity index (χ0v) is 10.9. The predicted molar refractivity (Wildman–Crippen MR) is 69.6 cm³/mol. The molecule has 2 heterocycles. The highest BCUT2D eigenvalue weighted by Gasteiger charge is 2.48. The van der Waals surface area contributed by atoms with Gasteiger partial charge in [-0.2, -0.15) is 5.10 Å². The fourth-order valence-electron chi connectivity index (χ4n) is 2.60. The lowest BCUT2D eigenvalue weighted by Crippen LogP contribution is -2.57. The van der Waals surface area contributed by atoms with Crippen molar-refractivity contribution in [3.8, 4) is 0 Å². The second kappa shape index (κ2) is 3.95. The number of fused-ring (bicyclic) bond motifs is 1. The quantitative estimate of drug-likeness (QED) is 0.899. The molecule has 1 aliphatic rings. The van der Waals surface area contributed by atoms with Gasteiger partial charge >= 0.3 is 0 Å². The molecule has 0 radical (unpaired) electrons. The molecule has 5 heteroatoms. The van der Waals surface area contributed by atoms with Crippen LogP contribution in [0.4, 0.5) is 5.82 Å². The van der Waals surface area contributed by atoms with Crippen LogP contribution in [0.1, 0.15) is 20.3 Å². The third kappa shape index (κ3) is 1.66. The van der Waals surface area contributed by atoms with E-state index in [9.17, 15) is 0 Å². The molecular weight excluding hydrogens is 228 g/mol. The number of hydrogen-bond acceptors (Lipinski definition) is 4. The Kier molecular flexibility index (Phi) is 2.52. The molecule has 0 aliphatic heterocycles. The molecule has 2 aromatic rings. The molecule has 2 unspecified atom stereocenters. The van der Waals surface area contributed by atoms with Gasteiger partial charge < -0.3 is 10.1 Å². The Balaban J connectivity index is 1.77. The monoisotopic (exact) mass is 246 g/mol. The summed E-state index contributed by atoms with van der Waals surface area (Å²) in [6.45, 7) is 4.44. The largest absolute Gasteiger partial charge is 0.381 e. The van der Waals surface area contributed by atoms with E-state index >= 15 is 0 Å². The van der Waals surface area contributed by atoms with E-state index in [4.69, 9.17) is 4.74 Å². The first-order chi connectivity index (χ1) is 8.61. The molecule has 3 rings (SSSR count). The van der Waals surface area contributed by atoms with Crippen LogP contribution in [0.15, 0.2) is 24.5 Å². The Bertz CT molecular complexity index is 563. The predicted octanol–water partition coefficient (Wildman–Crippen LogP) is 1.95. The molecule has 0 saturated heterocycles. The average Bonchev–Trinajstić information content (AvgIpc) is 2.81. The summed E-state index contributed by atoms with van der Waals surface area (Å²) in [4.78, 5) is 4.52. The van der Waals surface area contributed by atoms with E-state index in [-0.39, 0.29) is 5.41 Å². The first kappa shape index (κ1) is 11.5. The van der Waals surface area contributed by atoms with Crippen LogP contribution in [-0.2, 0) is 4.74 Å². The van der Waals surface area contributed by atoms with Gasteiger partial charge in [0.25, 0.3) is 0 Å². The van der Waals surface area contributed by atoms with Crippen LogP contribution in [0.2, 0.25) is 0 Å². The number of methoxy groups -OCH3 is 1. The molecule has 2 aromatic heterocycles. The highest BCUT2D eigenvalue weighted by molar-refractivity contribution is 5.46. The summed E-state index contributed by atoms with van der Waals surface area (Å²) >= 11 is 0.